The van der Waals surface area contributed by atoms with E-state index in [0.717, 1.165) is 30.5 Å². The number of hydrogen-bond donors (Lipinski definition) is 3. The predicted molar refractivity (Wildman–Crippen MR) is 94.2 cm³/mol. The van der Waals surface area contributed by atoms with Gasteiger partial charge in [0.2, 0.25) is 5.91 Å². The second-order valence-electron chi connectivity index (χ2n) is 7.42. The number of amides is 2. The standard InChI is InChI=1S/C18H23N5O2/c1-18(2,3)17(25)22-15-7-4-11(9-19-15)16(24)21-13-5-6-14-12(8-13)10-20-23-14/h4,7,9-10,13H,5-6,8H2,1-3H3,(H,20,23)(H,21,24)(H,19,22,25). The SMILES string of the molecule is CC(C)(C)C(=O)Nc1ccc(C(=O)NC2CCc3[nH]ncc3C2)cn1. The first kappa shape index (κ1) is 17.1. The van der Waals surface area contributed by atoms with E-state index in [9.17, 15) is 9.59 Å². The van der Waals surface area contributed by atoms with Crippen LogP contribution in [0, 0.1) is 5.41 Å². The average Bonchev–Trinajstić information content (AvgIpc) is 3.02. The summed E-state index contributed by atoms with van der Waals surface area (Å²) in [5.41, 5.74) is 2.30. The molecule has 7 heteroatoms. The van der Waals surface area contributed by atoms with Crippen molar-refractivity contribution >= 4 is 17.6 Å². The summed E-state index contributed by atoms with van der Waals surface area (Å²) < 4.78 is 0. The molecule has 3 rings (SSSR count). The van der Waals surface area contributed by atoms with Crippen molar-refractivity contribution < 1.29 is 9.59 Å². The molecular weight excluding hydrogens is 318 g/mol. The molecule has 0 bridgehead atoms. The Morgan fingerprint density at radius 3 is 2.72 bits per heavy atom. The topological polar surface area (TPSA) is 99.8 Å². The molecular formula is C18H23N5O2. The summed E-state index contributed by atoms with van der Waals surface area (Å²) in [5, 5.41) is 12.8. The maximum atomic E-state index is 12.4. The Kier molecular flexibility index (Phi) is 4.57. The third-order valence-electron chi connectivity index (χ3n) is 4.30. The number of pyridine rings is 1. The fourth-order valence-corrected chi connectivity index (χ4v) is 2.71. The number of aryl methyl sites for hydroxylation is 1. The predicted octanol–water partition coefficient (Wildman–Crippen LogP) is 2.08. The van der Waals surface area contributed by atoms with Crippen molar-refractivity contribution in [2.45, 2.75) is 46.1 Å². The van der Waals surface area contributed by atoms with Gasteiger partial charge in [-0.3, -0.25) is 14.7 Å². The first-order chi connectivity index (χ1) is 11.8. The lowest BCUT2D eigenvalue weighted by Crippen LogP contribution is -2.38. The zero-order valence-corrected chi connectivity index (χ0v) is 14.7. The second kappa shape index (κ2) is 6.66. The van der Waals surface area contributed by atoms with Crippen molar-refractivity contribution in [1.82, 2.24) is 20.5 Å². The Labute approximate surface area is 146 Å². The van der Waals surface area contributed by atoms with Crippen LogP contribution in [0.15, 0.2) is 24.5 Å². The Bertz CT molecular complexity index is 774. The average molecular weight is 341 g/mol. The fraction of sp³-hybridized carbons (Fsp3) is 0.444. The number of hydrogen-bond acceptors (Lipinski definition) is 4. The zero-order valence-electron chi connectivity index (χ0n) is 14.7. The minimum Gasteiger partial charge on any atom is -0.349 e. The van der Waals surface area contributed by atoms with Gasteiger partial charge in [-0.2, -0.15) is 5.10 Å². The third-order valence-corrected chi connectivity index (χ3v) is 4.30. The normalized spacial score (nSPS) is 16.8. The minimum atomic E-state index is -0.495. The lowest BCUT2D eigenvalue weighted by atomic mass is 9.93. The van der Waals surface area contributed by atoms with Crippen LogP contribution in [-0.2, 0) is 17.6 Å². The summed E-state index contributed by atoms with van der Waals surface area (Å²) in [6.07, 6.45) is 5.86. The Morgan fingerprint density at radius 2 is 2.04 bits per heavy atom. The molecule has 2 amide bonds. The van der Waals surface area contributed by atoms with E-state index < -0.39 is 5.41 Å². The van der Waals surface area contributed by atoms with Gasteiger partial charge in [0.1, 0.15) is 5.82 Å². The smallest absolute Gasteiger partial charge is 0.253 e. The van der Waals surface area contributed by atoms with E-state index in [4.69, 9.17) is 0 Å². The van der Waals surface area contributed by atoms with E-state index in [1.807, 2.05) is 27.0 Å². The Morgan fingerprint density at radius 1 is 1.24 bits per heavy atom. The van der Waals surface area contributed by atoms with Gasteiger partial charge in [0.15, 0.2) is 0 Å². The first-order valence-corrected chi connectivity index (χ1v) is 8.42. The molecule has 25 heavy (non-hydrogen) atoms. The van der Waals surface area contributed by atoms with Crippen LogP contribution in [-0.4, -0.2) is 33.0 Å². The van der Waals surface area contributed by atoms with E-state index >= 15 is 0 Å². The number of carbonyl (C=O) groups is 2. The van der Waals surface area contributed by atoms with Gasteiger partial charge in [0, 0.05) is 23.3 Å². The van der Waals surface area contributed by atoms with Crippen molar-refractivity contribution in [3.63, 3.8) is 0 Å². The van der Waals surface area contributed by atoms with Gasteiger partial charge in [-0.15, -0.1) is 0 Å². The molecule has 0 saturated heterocycles. The maximum absolute atomic E-state index is 12.4. The minimum absolute atomic E-state index is 0.0952. The molecule has 0 aliphatic heterocycles. The molecule has 0 radical (unpaired) electrons. The molecule has 1 aliphatic rings. The molecule has 1 unspecified atom stereocenters. The van der Waals surface area contributed by atoms with Gasteiger partial charge >= 0.3 is 0 Å². The quantitative estimate of drug-likeness (QED) is 0.796. The highest BCUT2D eigenvalue weighted by molar-refractivity contribution is 5.96. The molecule has 7 nitrogen and oxygen atoms in total. The number of nitrogens with one attached hydrogen (secondary N) is 3. The zero-order chi connectivity index (χ0) is 18.0. The van der Waals surface area contributed by atoms with Crippen LogP contribution in [0.25, 0.3) is 0 Å². The first-order valence-electron chi connectivity index (χ1n) is 8.42. The molecule has 1 atom stereocenters. The van der Waals surface area contributed by atoms with E-state index in [1.54, 1.807) is 12.1 Å². The highest BCUT2D eigenvalue weighted by Gasteiger charge is 2.23. The number of aromatic nitrogens is 3. The van der Waals surface area contributed by atoms with Crippen LogP contribution in [0.1, 0.15) is 48.8 Å². The molecule has 2 aromatic rings. The van der Waals surface area contributed by atoms with Crippen molar-refractivity contribution in [3.8, 4) is 0 Å². The van der Waals surface area contributed by atoms with E-state index in [-0.39, 0.29) is 17.9 Å². The van der Waals surface area contributed by atoms with E-state index in [0.29, 0.717) is 11.4 Å². The van der Waals surface area contributed by atoms with Gasteiger partial charge in [0.25, 0.3) is 5.91 Å². The molecule has 2 aromatic heterocycles. The number of carbonyl (C=O) groups excluding carboxylic acids is 2. The van der Waals surface area contributed by atoms with Crippen LogP contribution in [0.4, 0.5) is 5.82 Å². The summed E-state index contributed by atoms with van der Waals surface area (Å²) >= 11 is 0. The van der Waals surface area contributed by atoms with Crippen LogP contribution in [0.2, 0.25) is 0 Å². The molecule has 0 spiro atoms. The van der Waals surface area contributed by atoms with Gasteiger partial charge in [-0.25, -0.2) is 4.98 Å². The highest BCUT2D eigenvalue weighted by atomic mass is 16.2. The number of H-pyrrole nitrogens is 1. The van der Waals surface area contributed by atoms with Crippen LogP contribution < -0.4 is 10.6 Å². The van der Waals surface area contributed by atoms with Crippen LogP contribution in [0.3, 0.4) is 0 Å². The van der Waals surface area contributed by atoms with E-state index in [2.05, 4.69) is 25.8 Å². The van der Waals surface area contributed by atoms with Crippen molar-refractivity contribution in [1.29, 1.82) is 0 Å². The summed E-state index contributed by atoms with van der Waals surface area (Å²) in [7, 11) is 0. The molecule has 1 aliphatic carbocycles. The summed E-state index contributed by atoms with van der Waals surface area (Å²) in [5.74, 6) is 0.172. The lowest BCUT2D eigenvalue weighted by molar-refractivity contribution is -0.123. The molecule has 2 heterocycles. The van der Waals surface area contributed by atoms with Gasteiger partial charge in [0.05, 0.1) is 11.8 Å². The van der Waals surface area contributed by atoms with Crippen LogP contribution in [0.5, 0.6) is 0 Å². The largest absolute Gasteiger partial charge is 0.349 e. The molecule has 0 saturated carbocycles. The van der Waals surface area contributed by atoms with Crippen molar-refractivity contribution in [2.24, 2.45) is 5.41 Å². The number of anilines is 1. The second-order valence-corrected chi connectivity index (χ2v) is 7.42. The summed E-state index contributed by atoms with van der Waals surface area (Å²) in [4.78, 5) is 28.5. The third kappa shape index (κ3) is 4.04. The number of nitrogens with zero attached hydrogens (tertiary/aromatic N) is 2. The van der Waals surface area contributed by atoms with E-state index in [1.165, 1.54) is 6.20 Å². The number of rotatable bonds is 3. The monoisotopic (exact) mass is 341 g/mol. The number of aromatic amines is 1. The van der Waals surface area contributed by atoms with Crippen LogP contribution >= 0.6 is 0 Å². The molecule has 3 N–H and O–H groups in total. The maximum Gasteiger partial charge on any atom is 0.253 e. The van der Waals surface area contributed by atoms with Gasteiger partial charge in [-0.05, 0) is 37.0 Å². The number of fused-ring (bicyclic) bond motifs is 1. The summed E-state index contributed by atoms with van der Waals surface area (Å²) in [6.45, 7) is 5.50. The van der Waals surface area contributed by atoms with Crippen molar-refractivity contribution in [3.05, 3.63) is 41.3 Å². The summed E-state index contributed by atoms with van der Waals surface area (Å²) in [6, 6.07) is 3.42. The van der Waals surface area contributed by atoms with Gasteiger partial charge < -0.3 is 10.6 Å². The highest BCUT2D eigenvalue weighted by Crippen LogP contribution is 2.19. The molecule has 0 aromatic carbocycles. The molecule has 132 valence electrons. The Balaban J connectivity index is 1.59. The lowest BCUT2D eigenvalue weighted by Gasteiger charge is -2.22. The van der Waals surface area contributed by atoms with Crippen molar-refractivity contribution in [2.75, 3.05) is 5.32 Å². The van der Waals surface area contributed by atoms with Gasteiger partial charge in [-0.1, -0.05) is 20.8 Å². The molecule has 0 fully saturated rings. The fourth-order valence-electron chi connectivity index (χ4n) is 2.71. The Hall–Kier alpha value is -2.70.